The average molecular weight is 459 g/mol. The lowest BCUT2D eigenvalue weighted by Crippen LogP contribution is -2.24. The lowest BCUT2D eigenvalue weighted by Gasteiger charge is -2.17. The van der Waals surface area contributed by atoms with Crippen LogP contribution in [0.5, 0.6) is 0 Å². The monoisotopic (exact) mass is 458 g/mol. The highest BCUT2D eigenvalue weighted by molar-refractivity contribution is 9.10. The second kappa shape index (κ2) is 7.22. The molecule has 0 fully saturated rings. The summed E-state index contributed by atoms with van der Waals surface area (Å²) in [6.07, 6.45) is 3.72. The Morgan fingerprint density at radius 2 is 1.90 bits per heavy atom. The van der Waals surface area contributed by atoms with Crippen LogP contribution in [0.4, 0.5) is 0 Å². The first-order chi connectivity index (χ1) is 14.6. The number of aromatic nitrogens is 4. The summed E-state index contributed by atoms with van der Waals surface area (Å²) in [5, 5.41) is 0.945. The van der Waals surface area contributed by atoms with Crippen molar-refractivity contribution >= 4 is 32.6 Å². The summed E-state index contributed by atoms with van der Waals surface area (Å²) < 4.78 is 4.67. The van der Waals surface area contributed by atoms with Crippen molar-refractivity contribution in [3.05, 3.63) is 87.5 Å². The molecule has 0 amide bonds. The fourth-order valence-corrected chi connectivity index (χ4v) is 4.41. The largest absolute Gasteiger partial charge is 0.299 e. The highest BCUT2D eigenvalue weighted by atomic mass is 79.9. The van der Waals surface area contributed by atoms with Gasteiger partial charge in [-0.2, -0.15) is 0 Å². The second-order valence-electron chi connectivity index (χ2n) is 7.21. The summed E-state index contributed by atoms with van der Waals surface area (Å²) in [4.78, 5) is 23.1. The van der Waals surface area contributed by atoms with Gasteiger partial charge < -0.3 is 0 Å². The number of rotatable bonds is 3. The topological polar surface area (TPSA) is 52.2 Å². The Bertz CT molecular complexity index is 1480. The van der Waals surface area contributed by atoms with Crippen LogP contribution in [-0.2, 0) is 6.54 Å². The number of hydrogen-bond donors (Lipinski definition) is 0. The third-order valence-corrected chi connectivity index (χ3v) is 5.84. The van der Waals surface area contributed by atoms with Crippen molar-refractivity contribution in [3.63, 3.8) is 0 Å². The van der Waals surface area contributed by atoms with Crippen molar-refractivity contribution in [2.45, 2.75) is 20.4 Å². The molecule has 0 N–H and O–H groups in total. The zero-order chi connectivity index (χ0) is 20.8. The van der Waals surface area contributed by atoms with E-state index in [0.717, 1.165) is 38.0 Å². The molecule has 0 aliphatic rings. The minimum Gasteiger partial charge on any atom is -0.299 e. The minimum atomic E-state index is -0.0660. The Kier molecular flexibility index (Phi) is 4.51. The molecule has 5 nitrogen and oxygen atoms in total. The van der Waals surface area contributed by atoms with Crippen LogP contribution in [0.2, 0.25) is 0 Å². The Hall–Kier alpha value is -3.25. The van der Waals surface area contributed by atoms with Gasteiger partial charge in [-0.05, 0) is 55.8 Å². The average Bonchev–Trinajstić information content (AvgIpc) is 3.17. The molecule has 0 radical (unpaired) electrons. The van der Waals surface area contributed by atoms with Gasteiger partial charge in [-0.15, -0.1) is 0 Å². The van der Waals surface area contributed by atoms with Crippen molar-refractivity contribution < 1.29 is 0 Å². The van der Waals surface area contributed by atoms with Crippen LogP contribution in [0.15, 0.2) is 76.3 Å². The molecule has 5 aromatic rings. The van der Waals surface area contributed by atoms with Crippen LogP contribution in [0.1, 0.15) is 12.6 Å². The first kappa shape index (κ1) is 18.8. The smallest absolute Gasteiger partial charge is 0.262 e. The number of hydrogen-bond acceptors (Lipinski definition) is 3. The zero-order valence-corrected chi connectivity index (χ0v) is 18.2. The van der Waals surface area contributed by atoms with Gasteiger partial charge in [0, 0.05) is 33.9 Å². The highest BCUT2D eigenvalue weighted by Crippen LogP contribution is 2.36. The maximum atomic E-state index is 13.8. The Morgan fingerprint density at radius 3 is 2.70 bits per heavy atom. The van der Waals surface area contributed by atoms with Crippen LogP contribution < -0.4 is 5.56 Å². The zero-order valence-electron chi connectivity index (χ0n) is 16.6. The number of imidazole rings is 1. The summed E-state index contributed by atoms with van der Waals surface area (Å²) in [6.45, 7) is 4.46. The van der Waals surface area contributed by atoms with E-state index in [-0.39, 0.29) is 5.56 Å². The maximum absolute atomic E-state index is 13.8. The molecule has 0 saturated carbocycles. The van der Waals surface area contributed by atoms with Gasteiger partial charge >= 0.3 is 0 Å². The Labute approximate surface area is 181 Å². The third-order valence-electron chi connectivity index (χ3n) is 5.35. The molecule has 0 aliphatic carbocycles. The van der Waals surface area contributed by atoms with Crippen molar-refractivity contribution in [1.82, 2.24) is 18.9 Å². The van der Waals surface area contributed by atoms with Gasteiger partial charge in [0.2, 0.25) is 0 Å². The van der Waals surface area contributed by atoms with E-state index in [4.69, 9.17) is 4.98 Å². The van der Waals surface area contributed by atoms with Gasteiger partial charge in [0.1, 0.15) is 11.3 Å². The summed E-state index contributed by atoms with van der Waals surface area (Å²) in [5.74, 6) is 0. The van der Waals surface area contributed by atoms with Crippen molar-refractivity contribution in [2.75, 3.05) is 0 Å². The molecule has 6 heteroatoms. The molecule has 0 spiro atoms. The van der Waals surface area contributed by atoms with Crippen molar-refractivity contribution in [1.29, 1.82) is 0 Å². The summed E-state index contributed by atoms with van der Waals surface area (Å²) in [6, 6.07) is 17.9. The van der Waals surface area contributed by atoms with Crippen molar-refractivity contribution in [2.24, 2.45) is 0 Å². The maximum Gasteiger partial charge on any atom is 0.262 e. The second-order valence-corrected chi connectivity index (χ2v) is 8.12. The summed E-state index contributed by atoms with van der Waals surface area (Å²) >= 11 is 3.58. The van der Waals surface area contributed by atoms with Gasteiger partial charge in [-0.3, -0.25) is 13.8 Å². The number of benzene rings is 1. The number of fused-ring (bicyclic) bond motifs is 2. The van der Waals surface area contributed by atoms with Crippen LogP contribution in [-0.4, -0.2) is 18.9 Å². The third kappa shape index (κ3) is 2.87. The number of nitrogens with zero attached hydrogens (tertiary/aromatic N) is 4. The number of halogens is 1. The van der Waals surface area contributed by atoms with Crippen LogP contribution in [0.25, 0.3) is 39.1 Å². The fraction of sp³-hybridized carbons (Fsp3) is 0.125. The Morgan fingerprint density at radius 1 is 1.03 bits per heavy atom. The van der Waals surface area contributed by atoms with E-state index >= 15 is 0 Å². The van der Waals surface area contributed by atoms with Gasteiger partial charge in [0.15, 0.2) is 0 Å². The van der Waals surface area contributed by atoms with E-state index < -0.39 is 0 Å². The van der Waals surface area contributed by atoms with Crippen LogP contribution in [0.3, 0.4) is 0 Å². The van der Waals surface area contributed by atoms with Gasteiger partial charge in [-0.25, -0.2) is 9.97 Å². The summed E-state index contributed by atoms with van der Waals surface area (Å²) in [5.41, 5.74) is 5.56. The van der Waals surface area contributed by atoms with Gasteiger partial charge in [0.25, 0.3) is 5.56 Å². The number of pyridine rings is 3. The molecule has 5 rings (SSSR count). The lowest BCUT2D eigenvalue weighted by atomic mass is 9.95. The molecule has 0 atom stereocenters. The molecule has 0 unspecified atom stereocenters. The minimum absolute atomic E-state index is 0.0660. The molecule has 0 aliphatic heterocycles. The predicted molar refractivity (Wildman–Crippen MR) is 124 cm³/mol. The van der Waals surface area contributed by atoms with E-state index in [1.807, 2.05) is 73.0 Å². The van der Waals surface area contributed by atoms with Crippen LogP contribution in [0, 0.1) is 6.92 Å². The van der Waals surface area contributed by atoms with Crippen LogP contribution >= 0.6 is 15.9 Å². The molecule has 30 heavy (non-hydrogen) atoms. The number of aryl methyl sites for hydroxylation is 2. The molecule has 148 valence electrons. The van der Waals surface area contributed by atoms with E-state index in [1.54, 1.807) is 10.8 Å². The van der Waals surface area contributed by atoms with Gasteiger partial charge in [0.05, 0.1) is 17.5 Å². The SMILES string of the molecule is CCn1c(=O)c(-c2cnc3ccccn23)c(-c2cccc(Br)c2)c2ccc(C)nc21. The standard InChI is InChI=1S/C24H19BrN4O/c1-3-28-23-18(11-10-15(2)27-23)21(16-7-6-8-17(25)13-16)22(24(28)30)19-14-26-20-9-4-5-12-29(19)20/h4-14H,3H2,1-2H3. The molecule has 4 aromatic heterocycles. The van der Waals surface area contributed by atoms with E-state index in [2.05, 4.69) is 27.0 Å². The quantitative estimate of drug-likeness (QED) is 0.360. The first-order valence-electron chi connectivity index (χ1n) is 9.81. The molecule has 1 aromatic carbocycles. The van der Waals surface area contributed by atoms with E-state index in [1.165, 1.54) is 0 Å². The molecule has 4 heterocycles. The Balaban J connectivity index is 2.02. The molecule has 0 bridgehead atoms. The lowest BCUT2D eigenvalue weighted by molar-refractivity contribution is 0.750. The highest BCUT2D eigenvalue weighted by Gasteiger charge is 2.22. The van der Waals surface area contributed by atoms with E-state index in [0.29, 0.717) is 17.8 Å². The molecule has 0 saturated heterocycles. The fourth-order valence-electron chi connectivity index (χ4n) is 4.01. The predicted octanol–water partition coefficient (Wildman–Crippen LogP) is 5.47. The molecular formula is C24H19BrN4O. The van der Waals surface area contributed by atoms with Gasteiger partial charge in [-0.1, -0.05) is 34.1 Å². The molecular weight excluding hydrogens is 440 g/mol. The normalized spacial score (nSPS) is 11.4. The first-order valence-corrected chi connectivity index (χ1v) is 10.6. The van der Waals surface area contributed by atoms with E-state index in [9.17, 15) is 4.79 Å². The van der Waals surface area contributed by atoms with Crippen molar-refractivity contribution in [3.8, 4) is 22.4 Å². The summed E-state index contributed by atoms with van der Waals surface area (Å²) in [7, 11) is 0.